The third kappa shape index (κ3) is 6.47. The van der Waals surface area contributed by atoms with E-state index in [9.17, 15) is 4.79 Å². The zero-order chi connectivity index (χ0) is 9.56. The van der Waals surface area contributed by atoms with Gasteiger partial charge in [0.2, 0.25) is 0 Å². The molecule has 0 heterocycles. The van der Waals surface area contributed by atoms with Gasteiger partial charge in [-0.1, -0.05) is 13.2 Å². The van der Waals surface area contributed by atoms with E-state index in [0.29, 0.717) is 0 Å². The number of carbonyl (C=O) groups excluding carboxylic acids is 1. The first-order valence-corrected chi connectivity index (χ1v) is 3.05. The molecule has 5 heteroatoms. The standard InChI is InChI=1S/C7H10O5/c1-5(8)3-11-7(10)12-4-6(2)9/h8-9H,1-4H2. The highest BCUT2D eigenvalue weighted by atomic mass is 16.7. The van der Waals surface area contributed by atoms with Crippen molar-refractivity contribution in [3.05, 3.63) is 24.7 Å². The molecular weight excluding hydrogens is 164 g/mol. The Morgan fingerprint density at radius 1 is 1.08 bits per heavy atom. The quantitative estimate of drug-likeness (QED) is 0.496. The van der Waals surface area contributed by atoms with Crippen molar-refractivity contribution in [1.82, 2.24) is 0 Å². The normalized spacial score (nSPS) is 8.67. The average molecular weight is 174 g/mol. The van der Waals surface area contributed by atoms with Gasteiger partial charge in [-0.05, 0) is 0 Å². The molecule has 0 fully saturated rings. The van der Waals surface area contributed by atoms with Crippen molar-refractivity contribution in [2.75, 3.05) is 13.2 Å². The van der Waals surface area contributed by atoms with Crippen LogP contribution < -0.4 is 0 Å². The molecule has 0 amide bonds. The Bertz CT molecular complexity index is 176. The first-order chi connectivity index (χ1) is 5.52. The molecule has 68 valence electrons. The zero-order valence-electron chi connectivity index (χ0n) is 6.45. The smallest absolute Gasteiger partial charge is 0.509 e. The van der Waals surface area contributed by atoms with E-state index in [-0.39, 0.29) is 24.7 Å². The molecule has 0 aliphatic rings. The van der Waals surface area contributed by atoms with Gasteiger partial charge >= 0.3 is 6.16 Å². The van der Waals surface area contributed by atoms with Gasteiger partial charge in [0.05, 0.1) is 0 Å². The Balaban J connectivity index is 3.47. The van der Waals surface area contributed by atoms with E-state index in [1.807, 2.05) is 0 Å². The summed E-state index contributed by atoms with van der Waals surface area (Å²) in [7, 11) is 0. The Morgan fingerprint density at radius 3 is 1.67 bits per heavy atom. The van der Waals surface area contributed by atoms with Crippen LogP contribution in [0.25, 0.3) is 0 Å². The molecule has 0 aliphatic carbocycles. The van der Waals surface area contributed by atoms with Crippen LogP contribution in [0.3, 0.4) is 0 Å². The largest absolute Gasteiger partial charge is 0.509 e. The molecular formula is C7H10O5. The van der Waals surface area contributed by atoms with Gasteiger partial charge in [0.25, 0.3) is 0 Å². The van der Waals surface area contributed by atoms with Crippen molar-refractivity contribution in [2.45, 2.75) is 0 Å². The molecule has 0 aromatic rings. The number of carbonyl (C=O) groups is 1. The summed E-state index contributed by atoms with van der Waals surface area (Å²) >= 11 is 0. The highest BCUT2D eigenvalue weighted by Gasteiger charge is 2.04. The van der Waals surface area contributed by atoms with Gasteiger partial charge in [0.1, 0.15) is 11.5 Å². The van der Waals surface area contributed by atoms with Crippen LogP contribution in [0.1, 0.15) is 0 Å². The van der Waals surface area contributed by atoms with E-state index in [1.165, 1.54) is 0 Å². The predicted octanol–water partition coefficient (Wildman–Crippen LogP) is 1.28. The van der Waals surface area contributed by atoms with Crippen LogP contribution >= 0.6 is 0 Å². The molecule has 5 nitrogen and oxygen atoms in total. The molecule has 2 N–H and O–H groups in total. The number of rotatable bonds is 4. The Hall–Kier alpha value is -1.65. The maximum Gasteiger partial charge on any atom is 0.509 e. The van der Waals surface area contributed by atoms with Gasteiger partial charge in [-0.25, -0.2) is 4.79 Å². The molecule has 0 saturated heterocycles. The fourth-order valence-corrected chi connectivity index (χ4v) is 0.326. The lowest BCUT2D eigenvalue weighted by molar-refractivity contribution is 0.0545. The van der Waals surface area contributed by atoms with Crippen molar-refractivity contribution >= 4 is 6.16 Å². The van der Waals surface area contributed by atoms with Crippen molar-refractivity contribution in [3.8, 4) is 0 Å². The number of aliphatic hydroxyl groups excluding tert-OH is 2. The zero-order valence-corrected chi connectivity index (χ0v) is 6.45. The first kappa shape index (κ1) is 10.3. The molecule has 0 atom stereocenters. The molecule has 0 saturated carbocycles. The maximum absolute atomic E-state index is 10.5. The van der Waals surface area contributed by atoms with E-state index in [2.05, 4.69) is 22.6 Å². The highest BCUT2D eigenvalue weighted by Crippen LogP contribution is 1.92. The molecule has 0 aromatic carbocycles. The molecule has 0 spiro atoms. The van der Waals surface area contributed by atoms with Crippen LogP contribution in [0.4, 0.5) is 4.79 Å². The average Bonchev–Trinajstić information content (AvgIpc) is 1.96. The molecule has 0 unspecified atom stereocenters. The molecule has 0 radical (unpaired) electrons. The second-order valence-electron chi connectivity index (χ2n) is 1.96. The molecule has 0 aliphatic heterocycles. The summed E-state index contributed by atoms with van der Waals surface area (Å²) in [5.41, 5.74) is 0. The van der Waals surface area contributed by atoms with E-state index in [4.69, 9.17) is 10.2 Å². The summed E-state index contributed by atoms with van der Waals surface area (Å²) in [6.07, 6.45) is -1.000. The van der Waals surface area contributed by atoms with Crippen LogP contribution in [-0.2, 0) is 9.47 Å². The minimum atomic E-state index is -1.000. The Morgan fingerprint density at radius 2 is 1.42 bits per heavy atom. The van der Waals surface area contributed by atoms with E-state index < -0.39 is 6.16 Å². The molecule has 12 heavy (non-hydrogen) atoms. The molecule has 0 bridgehead atoms. The SMILES string of the molecule is C=C(O)COC(=O)OCC(=C)O. The van der Waals surface area contributed by atoms with Crippen molar-refractivity contribution in [1.29, 1.82) is 0 Å². The summed E-state index contributed by atoms with van der Waals surface area (Å²) in [6.45, 7) is 5.51. The predicted molar refractivity (Wildman–Crippen MR) is 40.8 cm³/mol. The van der Waals surface area contributed by atoms with Crippen molar-refractivity contribution < 1.29 is 24.5 Å². The fourth-order valence-electron chi connectivity index (χ4n) is 0.326. The molecule has 0 aromatic heterocycles. The van der Waals surface area contributed by atoms with E-state index in [1.54, 1.807) is 0 Å². The van der Waals surface area contributed by atoms with Gasteiger partial charge in [-0.3, -0.25) is 0 Å². The minimum Gasteiger partial charge on any atom is -0.509 e. The third-order valence-corrected chi connectivity index (χ3v) is 0.713. The van der Waals surface area contributed by atoms with Crippen LogP contribution in [-0.4, -0.2) is 29.6 Å². The van der Waals surface area contributed by atoms with Crippen LogP contribution in [0.5, 0.6) is 0 Å². The first-order valence-electron chi connectivity index (χ1n) is 3.05. The summed E-state index contributed by atoms with van der Waals surface area (Å²) in [6, 6.07) is 0. The number of hydrogen-bond acceptors (Lipinski definition) is 5. The van der Waals surface area contributed by atoms with Crippen LogP contribution in [0, 0.1) is 0 Å². The van der Waals surface area contributed by atoms with E-state index >= 15 is 0 Å². The topological polar surface area (TPSA) is 76.0 Å². The van der Waals surface area contributed by atoms with Crippen molar-refractivity contribution in [2.24, 2.45) is 0 Å². The lowest BCUT2D eigenvalue weighted by Gasteiger charge is -2.03. The Labute approximate surface area is 69.5 Å². The second-order valence-corrected chi connectivity index (χ2v) is 1.96. The summed E-state index contributed by atoms with van der Waals surface area (Å²) in [5, 5.41) is 17.0. The second kappa shape index (κ2) is 5.06. The highest BCUT2D eigenvalue weighted by molar-refractivity contribution is 5.60. The van der Waals surface area contributed by atoms with Gasteiger partial charge < -0.3 is 19.7 Å². The van der Waals surface area contributed by atoms with Gasteiger partial charge in [-0.2, -0.15) is 0 Å². The number of aliphatic hydroxyl groups is 2. The van der Waals surface area contributed by atoms with Gasteiger partial charge in [0.15, 0.2) is 13.2 Å². The van der Waals surface area contributed by atoms with Gasteiger partial charge in [0, 0.05) is 0 Å². The fraction of sp³-hybridized carbons (Fsp3) is 0.286. The summed E-state index contributed by atoms with van der Waals surface area (Å²) in [5.74, 6) is -0.565. The maximum atomic E-state index is 10.5. The monoisotopic (exact) mass is 174 g/mol. The number of hydrogen-bond donors (Lipinski definition) is 2. The minimum absolute atomic E-state index is 0.283. The third-order valence-electron chi connectivity index (χ3n) is 0.713. The Kier molecular flexibility index (Phi) is 4.36. The molecule has 0 rings (SSSR count). The lowest BCUT2D eigenvalue weighted by Crippen LogP contribution is -2.10. The van der Waals surface area contributed by atoms with Gasteiger partial charge in [-0.15, -0.1) is 0 Å². The lowest BCUT2D eigenvalue weighted by atomic mass is 10.6. The van der Waals surface area contributed by atoms with E-state index in [0.717, 1.165) is 0 Å². The number of ether oxygens (including phenoxy) is 2. The van der Waals surface area contributed by atoms with Crippen LogP contribution in [0.2, 0.25) is 0 Å². The summed E-state index contributed by atoms with van der Waals surface area (Å²) < 4.78 is 8.58. The van der Waals surface area contributed by atoms with Crippen LogP contribution in [0.15, 0.2) is 24.7 Å². The summed E-state index contributed by atoms with van der Waals surface area (Å²) in [4.78, 5) is 10.5. The van der Waals surface area contributed by atoms with Crippen molar-refractivity contribution in [3.63, 3.8) is 0 Å².